The first-order valence-electron chi connectivity index (χ1n) is 5.22. The molecule has 1 aromatic rings. The number of benzene rings is 1. The van der Waals surface area contributed by atoms with Crippen molar-refractivity contribution >= 4 is 6.21 Å². The molecule has 0 aliphatic rings. The number of aliphatic hydroxyl groups excluding tert-OH is 1. The third-order valence-corrected chi connectivity index (χ3v) is 2.06. The lowest BCUT2D eigenvalue weighted by Crippen LogP contribution is -1.92. The molecule has 0 aliphatic carbocycles. The van der Waals surface area contributed by atoms with Crippen LogP contribution in [0.3, 0.4) is 0 Å². The molecule has 0 spiro atoms. The monoisotopic (exact) mass is 207 g/mol. The Morgan fingerprint density at radius 2 is 2.07 bits per heavy atom. The fourth-order valence-electron chi connectivity index (χ4n) is 1.12. The smallest absolute Gasteiger partial charge is 0.119 e. The summed E-state index contributed by atoms with van der Waals surface area (Å²) in [7, 11) is 0. The molecule has 1 rings (SSSR count). The molecule has 0 saturated heterocycles. The van der Waals surface area contributed by atoms with E-state index in [1.165, 1.54) is 5.56 Å². The summed E-state index contributed by atoms with van der Waals surface area (Å²) in [4.78, 5) is 4.94. The molecular weight excluding hydrogens is 190 g/mol. The first kappa shape index (κ1) is 11.7. The van der Waals surface area contributed by atoms with Gasteiger partial charge in [0.15, 0.2) is 0 Å². The van der Waals surface area contributed by atoms with E-state index in [0.29, 0.717) is 13.0 Å². The molecular formula is C12H17NO2. The summed E-state index contributed by atoms with van der Waals surface area (Å²) in [6.45, 7) is 2.72. The maximum absolute atomic E-state index is 8.51. The van der Waals surface area contributed by atoms with Gasteiger partial charge in [0.05, 0.1) is 6.21 Å². The predicted octanol–water partition coefficient (Wildman–Crippen LogP) is 1.98. The number of aliphatic hydroxyl groups is 1. The fourth-order valence-corrected chi connectivity index (χ4v) is 1.12. The average molecular weight is 207 g/mol. The van der Waals surface area contributed by atoms with Crippen molar-refractivity contribution in [1.82, 2.24) is 0 Å². The van der Waals surface area contributed by atoms with Crippen LogP contribution in [0, 0.1) is 0 Å². The third-order valence-electron chi connectivity index (χ3n) is 2.06. The maximum Gasteiger partial charge on any atom is 0.119 e. The van der Waals surface area contributed by atoms with Crippen LogP contribution >= 0.6 is 0 Å². The van der Waals surface area contributed by atoms with Crippen LogP contribution in [0.4, 0.5) is 0 Å². The van der Waals surface area contributed by atoms with Crippen molar-refractivity contribution in [2.24, 2.45) is 5.16 Å². The highest BCUT2D eigenvalue weighted by Crippen LogP contribution is 2.02. The van der Waals surface area contributed by atoms with Gasteiger partial charge in [-0.25, -0.2) is 0 Å². The number of hydrogen-bond acceptors (Lipinski definition) is 3. The molecule has 0 bridgehead atoms. The van der Waals surface area contributed by atoms with Gasteiger partial charge in [0.25, 0.3) is 0 Å². The van der Waals surface area contributed by atoms with Crippen LogP contribution in [0.25, 0.3) is 0 Å². The van der Waals surface area contributed by atoms with Gasteiger partial charge in [0, 0.05) is 13.0 Å². The Labute approximate surface area is 90.4 Å². The summed E-state index contributed by atoms with van der Waals surface area (Å²) < 4.78 is 0. The number of rotatable bonds is 6. The predicted molar refractivity (Wildman–Crippen MR) is 61.1 cm³/mol. The van der Waals surface area contributed by atoms with E-state index in [1.54, 1.807) is 6.21 Å². The first-order chi connectivity index (χ1) is 7.36. The minimum Gasteiger partial charge on any atom is -0.396 e. The summed E-state index contributed by atoms with van der Waals surface area (Å²) in [6, 6.07) is 8.18. The number of aryl methyl sites for hydroxylation is 1. The lowest BCUT2D eigenvalue weighted by molar-refractivity contribution is 0.125. The second-order valence-electron chi connectivity index (χ2n) is 3.24. The van der Waals surface area contributed by atoms with Crippen LogP contribution in [-0.2, 0) is 11.3 Å². The second-order valence-corrected chi connectivity index (χ2v) is 3.24. The lowest BCUT2D eigenvalue weighted by atomic mass is 10.1. The van der Waals surface area contributed by atoms with Crippen LogP contribution in [0.2, 0.25) is 0 Å². The quantitative estimate of drug-likeness (QED) is 0.440. The van der Waals surface area contributed by atoms with Gasteiger partial charge >= 0.3 is 0 Å². The van der Waals surface area contributed by atoms with Gasteiger partial charge in [0.2, 0.25) is 0 Å². The molecule has 0 aliphatic heterocycles. The van der Waals surface area contributed by atoms with Crippen molar-refractivity contribution in [3.63, 3.8) is 0 Å². The van der Waals surface area contributed by atoms with Gasteiger partial charge < -0.3 is 9.94 Å². The van der Waals surface area contributed by atoms with Crippen molar-refractivity contribution in [1.29, 1.82) is 0 Å². The molecule has 0 atom stereocenters. The number of nitrogens with zero attached hydrogens (tertiary/aromatic N) is 1. The van der Waals surface area contributed by atoms with Crippen LogP contribution < -0.4 is 0 Å². The molecule has 0 unspecified atom stereocenters. The lowest BCUT2D eigenvalue weighted by Gasteiger charge is -1.97. The number of oxime groups is 1. The largest absolute Gasteiger partial charge is 0.396 e. The zero-order valence-electron chi connectivity index (χ0n) is 9.02. The molecule has 0 aromatic heterocycles. The van der Waals surface area contributed by atoms with E-state index in [1.807, 2.05) is 12.1 Å². The Bertz CT molecular complexity index is 293. The third kappa shape index (κ3) is 4.61. The van der Waals surface area contributed by atoms with Crippen LogP contribution in [0.15, 0.2) is 29.4 Å². The number of hydrogen-bond donors (Lipinski definition) is 1. The van der Waals surface area contributed by atoms with E-state index in [9.17, 15) is 0 Å². The van der Waals surface area contributed by atoms with E-state index in [-0.39, 0.29) is 6.61 Å². The minimum atomic E-state index is 0.140. The van der Waals surface area contributed by atoms with E-state index in [0.717, 1.165) is 12.0 Å². The summed E-state index contributed by atoms with van der Waals surface area (Å²) >= 11 is 0. The molecule has 3 heteroatoms. The van der Waals surface area contributed by atoms with Gasteiger partial charge in [0.1, 0.15) is 6.61 Å². The summed E-state index contributed by atoms with van der Waals surface area (Å²) in [5, 5.41) is 12.3. The summed E-state index contributed by atoms with van der Waals surface area (Å²) in [6.07, 6.45) is 3.34. The topological polar surface area (TPSA) is 41.8 Å². The zero-order chi connectivity index (χ0) is 10.9. The highest BCUT2D eigenvalue weighted by Gasteiger charge is 1.89. The van der Waals surface area contributed by atoms with Crippen LogP contribution in [0.1, 0.15) is 24.5 Å². The van der Waals surface area contributed by atoms with Crippen molar-refractivity contribution < 1.29 is 9.94 Å². The minimum absolute atomic E-state index is 0.140. The van der Waals surface area contributed by atoms with E-state index in [4.69, 9.17) is 9.94 Å². The molecule has 82 valence electrons. The van der Waals surface area contributed by atoms with E-state index in [2.05, 4.69) is 24.2 Å². The van der Waals surface area contributed by atoms with Gasteiger partial charge in [-0.1, -0.05) is 36.3 Å². The Kier molecular flexibility index (Phi) is 5.48. The zero-order valence-corrected chi connectivity index (χ0v) is 9.02. The average Bonchev–Trinajstić information content (AvgIpc) is 2.30. The molecule has 15 heavy (non-hydrogen) atoms. The SMILES string of the molecule is CCc1ccc(/C=N/OCCCO)cc1. The summed E-state index contributed by atoms with van der Waals surface area (Å²) in [5.74, 6) is 0. The Hall–Kier alpha value is -1.35. The Morgan fingerprint density at radius 1 is 1.33 bits per heavy atom. The fraction of sp³-hybridized carbons (Fsp3) is 0.417. The second kappa shape index (κ2) is 7.01. The molecule has 0 saturated carbocycles. The molecule has 0 amide bonds. The highest BCUT2D eigenvalue weighted by atomic mass is 16.6. The molecule has 0 radical (unpaired) electrons. The van der Waals surface area contributed by atoms with Gasteiger partial charge in [-0.2, -0.15) is 0 Å². The van der Waals surface area contributed by atoms with Crippen molar-refractivity contribution in [2.45, 2.75) is 19.8 Å². The summed E-state index contributed by atoms with van der Waals surface area (Å²) in [5.41, 5.74) is 2.34. The van der Waals surface area contributed by atoms with Crippen molar-refractivity contribution in [2.75, 3.05) is 13.2 Å². The first-order valence-corrected chi connectivity index (χ1v) is 5.22. The molecule has 3 nitrogen and oxygen atoms in total. The van der Waals surface area contributed by atoms with E-state index < -0.39 is 0 Å². The molecule has 0 heterocycles. The Morgan fingerprint density at radius 3 is 2.67 bits per heavy atom. The van der Waals surface area contributed by atoms with E-state index >= 15 is 0 Å². The standard InChI is InChI=1S/C12H17NO2/c1-2-11-4-6-12(7-5-11)10-13-15-9-3-8-14/h4-7,10,14H,2-3,8-9H2,1H3/b13-10+. The molecule has 1 N–H and O–H groups in total. The van der Waals surface area contributed by atoms with Gasteiger partial charge in [-0.15, -0.1) is 0 Å². The van der Waals surface area contributed by atoms with Crippen molar-refractivity contribution in [3.8, 4) is 0 Å². The van der Waals surface area contributed by atoms with Crippen molar-refractivity contribution in [3.05, 3.63) is 35.4 Å². The molecule has 0 fully saturated rings. The van der Waals surface area contributed by atoms with Gasteiger partial charge in [-0.05, 0) is 17.5 Å². The maximum atomic E-state index is 8.51. The highest BCUT2D eigenvalue weighted by molar-refractivity contribution is 5.79. The Balaban J connectivity index is 2.36. The normalized spacial score (nSPS) is 10.8. The van der Waals surface area contributed by atoms with Crippen LogP contribution in [-0.4, -0.2) is 24.5 Å². The molecule has 1 aromatic carbocycles. The van der Waals surface area contributed by atoms with Crippen LogP contribution in [0.5, 0.6) is 0 Å². The van der Waals surface area contributed by atoms with Gasteiger partial charge in [-0.3, -0.25) is 0 Å².